The lowest BCUT2D eigenvalue weighted by Crippen LogP contribution is -2.43. The number of carbonyl (C=O) groups excluding carboxylic acids is 1. The van der Waals surface area contributed by atoms with Gasteiger partial charge in [0.1, 0.15) is 6.61 Å². The van der Waals surface area contributed by atoms with Crippen molar-refractivity contribution in [2.24, 2.45) is 5.41 Å². The number of para-hydroxylation sites is 2. The largest absolute Gasteiger partial charge is 0.485 e. The molecule has 2 aromatic rings. The van der Waals surface area contributed by atoms with E-state index < -0.39 is 0 Å². The van der Waals surface area contributed by atoms with Crippen LogP contribution in [0.4, 0.5) is 0 Å². The molecule has 0 bridgehead atoms. The number of benzene rings is 2. The maximum Gasteiger partial charge on any atom is 0.228 e. The first kappa shape index (κ1) is 18.5. The van der Waals surface area contributed by atoms with E-state index >= 15 is 0 Å². The average molecular weight is 392 g/mol. The third-order valence-electron chi connectivity index (χ3n) is 6.81. The zero-order valence-corrected chi connectivity index (χ0v) is 17.0. The highest BCUT2D eigenvalue weighted by atomic mass is 16.6. The molecule has 5 nitrogen and oxygen atoms in total. The minimum Gasteiger partial charge on any atom is -0.485 e. The molecule has 0 radical (unpaired) electrons. The first-order valence-corrected chi connectivity index (χ1v) is 10.6. The van der Waals surface area contributed by atoms with Crippen LogP contribution >= 0.6 is 0 Å². The summed E-state index contributed by atoms with van der Waals surface area (Å²) in [5.74, 6) is 1.98. The number of piperidine rings is 1. The van der Waals surface area contributed by atoms with Gasteiger partial charge in [-0.15, -0.1) is 0 Å². The van der Waals surface area contributed by atoms with Crippen molar-refractivity contribution in [3.05, 3.63) is 59.7 Å². The van der Waals surface area contributed by atoms with Crippen molar-refractivity contribution in [3.63, 3.8) is 0 Å². The lowest BCUT2D eigenvalue weighted by molar-refractivity contribution is -0.137. The monoisotopic (exact) mass is 392 g/mol. The summed E-state index contributed by atoms with van der Waals surface area (Å²) in [7, 11) is 1.94. The van der Waals surface area contributed by atoms with Crippen LogP contribution in [-0.2, 0) is 11.3 Å². The van der Waals surface area contributed by atoms with Crippen LogP contribution in [0.25, 0.3) is 0 Å². The molecular formula is C24H28N2O3. The summed E-state index contributed by atoms with van der Waals surface area (Å²) in [5, 5.41) is 0. The smallest absolute Gasteiger partial charge is 0.228 e. The van der Waals surface area contributed by atoms with E-state index in [1.165, 1.54) is 5.56 Å². The van der Waals surface area contributed by atoms with Crippen LogP contribution in [0.3, 0.4) is 0 Å². The van der Waals surface area contributed by atoms with Crippen molar-refractivity contribution in [2.45, 2.75) is 31.9 Å². The molecule has 1 atom stereocenters. The molecule has 3 aliphatic heterocycles. The molecule has 3 heterocycles. The number of amides is 1. The van der Waals surface area contributed by atoms with E-state index in [0.717, 1.165) is 62.5 Å². The van der Waals surface area contributed by atoms with Gasteiger partial charge in [-0.05, 0) is 55.6 Å². The first-order valence-electron chi connectivity index (χ1n) is 10.6. The highest BCUT2D eigenvalue weighted by molar-refractivity contribution is 5.84. The molecule has 0 aromatic heterocycles. The first-order chi connectivity index (χ1) is 14.1. The molecule has 2 fully saturated rings. The second-order valence-electron chi connectivity index (χ2n) is 8.64. The van der Waals surface area contributed by atoms with Crippen molar-refractivity contribution in [2.75, 3.05) is 33.3 Å². The SMILES string of the molecule is CN1CCC2(CCN(Cc3ccc(C4COc5ccccc5O4)cc3)CC2)C1=O. The molecule has 2 aromatic carbocycles. The third kappa shape index (κ3) is 3.48. The van der Waals surface area contributed by atoms with Crippen molar-refractivity contribution in [3.8, 4) is 11.5 Å². The van der Waals surface area contributed by atoms with Crippen molar-refractivity contribution < 1.29 is 14.3 Å². The molecule has 1 spiro atoms. The molecule has 2 saturated heterocycles. The summed E-state index contributed by atoms with van der Waals surface area (Å²) in [6, 6.07) is 16.5. The lowest BCUT2D eigenvalue weighted by atomic mass is 9.77. The standard InChI is InChI=1S/C24H28N2O3/c1-25-13-10-24(23(25)27)11-14-26(15-12-24)16-18-6-8-19(9-7-18)22-17-28-20-4-2-3-5-21(20)29-22/h2-9,22H,10-17H2,1H3. The molecular weight excluding hydrogens is 364 g/mol. The van der Waals surface area contributed by atoms with Gasteiger partial charge in [0.05, 0.1) is 5.41 Å². The molecule has 5 rings (SSSR count). The fourth-order valence-electron chi connectivity index (χ4n) is 4.88. The van der Waals surface area contributed by atoms with E-state index in [-0.39, 0.29) is 11.5 Å². The topological polar surface area (TPSA) is 42.0 Å². The summed E-state index contributed by atoms with van der Waals surface area (Å²) >= 11 is 0. The third-order valence-corrected chi connectivity index (χ3v) is 6.81. The van der Waals surface area contributed by atoms with Crippen molar-refractivity contribution >= 4 is 5.91 Å². The number of ether oxygens (including phenoxy) is 2. The minimum atomic E-state index is -0.0796. The highest BCUT2D eigenvalue weighted by Gasteiger charge is 2.46. The normalized spacial score (nSPS) is 23.6. The van der Waals surface area contributed by atoms with Gasteiger partial charge in [0.15, 0.2) is 17.6 Å². The zero-order valence-electron chi connectivity index (χ0n) is 17.0. The van der Waals surface area contributed by atoms with Gasteiger partial charge in [-0.2, -0.15) is 0 Å². The van der Waals surface area contributed by atoms with Crippen LogP contribution in [0.5, 0.6) is 11.5 Å². The second kappa shape index (κ2) is 7.38. The predicted molar refractivity (Wildman–Crippen MR) is 111 cm³/mol. The van der Waals surface area contributed by atoms with E-state index in [0.29, 0.717) is 12.5 Å². The molecule has 0 saturated carbocycles. The number of carbonyl (C=O) groups is 1. The molecule has 0 N–H and O–H groups in total. The van der Waals surface area contributed by atoms with E-state index in [9.17, 15) is 4.79 Å². The molecule has 1 amide bonds. The van der Waals surface area contributed by atoms with E-state index in [2.05, 4.69) is 29.2 Å². The number of nitrogens with zero attached hydrogens (tertiary/aromatic N) is 2. The van der Waals surface area contributed by atoms with Crippen molar-refractivity contribution in [1.29, 1.82) is 0 Å². The van der Waals surface area contributed by atoms with Gasteiger partial charge in [-0.25, -0.2) is 0 Å². The molecule has 3 aliphatic rings. The predicted octanol–water partition coefficient (Wildman–Crippen LogP) is 3.64. The Kier molecular flexibility index (Phi) is 4.70. The van der Waals surface area contributed by atoms with Gasteiger partial charge in [0, 0.05) is 20.1 Å². The number of hydrogen-bond donors (Lipinski definition) is 0. The van der Waals surface area contributed by atoms with Gasteiger partial charge in [0.2, 0.25) is 5.91 Å². The minimum absolute atomic E-state index is 0.0702. The number of hydrogen-bond acceptors (Lipinski definition) is 4. The van der Waals surface area contributed by atoms with Gasteiger partial charge >= 0.3 is 0 Å². The van der Waals surface area contributed by atoms with Crippen molar-refractivity contribution in [1.82, 2.24) is 9.80 Å². The summed E-state index contributed by atoms with van der Waals surface area (Å²) < 4.78 is 11.9. The van der Waals surface area contributed by atoms with Gasteiger partial charge in [-0.3, -0.25) is 9.69 Å². The quantitative estimate of drug-likeness (QED) is 0.800. The lowest BCUT2D eigenvalue weighted by Gasteiger charge is -2.37. The Morgan fingerprint density at radius 1 is 0.966 bits per heavy atom. The van der Waals surface area contributed by atoms with Crippen LogP contribution in [0.2, 0.25) is 0 Å². The fraction of sp³-hybridized carbons (Fsp3) is 0.458. The molecule has 1 unspecified atom stereocenters. The fourth-order valence-corrected chi connectivity index (χ4v) is 4.88. The van der Waals surface area contributed by atoms with E-state index in [1.807, 2.05) is 36.2 Å². The summed E-state index contributed by atoms with van der Waals surface area (Å²) in [6.07, 6.45) is 2.93. The molecule has 29 heavy (non-hydrogen) atoms. The Morgan fingerprint density at radius 2 is 1.66 bits per heavy atom. The van der Waals surface area contributed by atoms with Crippen LogP contribution in [0.15, 0.2) is 48.5 Å². The van der Waals surface area contributed by atoms with Crippen LogP contribution < -0.4 is 9.47 Å². The number of likely N-dealkylation sites (tertiary alicyclic amines) is 2. The van der Waals surface area contributed by atoms with E-state index in [4.69, 9.17) is 9.47 Å². The Bertz CT molecular complexity index is 887. The van der Waals surface area contributed by atoms with Crippen LogP contribution in [-0.4, -0.2) is 49.0 Å². The summed E-state index contributed by atoms with van der Waals surface area (Å²) in [4.78, 5) is 16.9. The summed E-state index contributed by atoms with van der Waals surface area (Å²) in [6.45, 7) is 4.38. The van der Waals surface area contributed by atoms with Gasteiger partial charge in [0.25, 0.3) is 0 Å². The Hall–Kier alpha value is -2.53. The second-order valence-corrected chi connectivity index (χ2v) is 8.64. The number of fused-ring (bicyclic) bond motifs is 1. The molecule has 5 heteroatoms. The Morgan fingerprint density at radius 3 is 2.34 bits per heavy atom. The number of rotatable bonds is 3. The molecule has 152 valence electrons. The van der Waals surface area contributed by atoms with Gasteiger partial charge < -0.3 is 14.4 Å². The van der Waals surface area contributed by atoms with Crippen LogP contribution in [0, 0.1) is 5.41 Å². The van der Waals surface area contributed by atoms with Gasteiger partial charge in [-0.1, -0.05) is 36.4 Å². The summed E-state index contributed by atoms with van der Waals surface area (Å²) in [5.41, 5.74) is 2.36. The van der Waals surface area contributed by atoms with Crippen LogP contribution in [0.1, 0.15) is 36.5 Å². The Balaban J connectivity index is 1.18. The maximum absolute atomic E-state index is 12.5. The highest BCUT2D eigenvalue weighted by Crippen LogP contribution is 2.41. The zero-order chi connectivity index (χ0) is 19.8. The van der Waals surface area contributed by atoms with E-state index in [1.54, 1.807) is 0 Å². The maximum atomic E-state index is 12.5. The molecule has 0 aliphatic carbocycles. The Labute approximate surface area is 172 Å². The average Bonchev–Trinajstić information content (AvgIpc) is 3.04.